The molecule has 3 N–H and O–H groups in total. The van der Waals surface area contributed by atoms with E-state index in [0.717, 1.165) is 5.56 Å². The SMILES string of the molecule is CC(O)c1cccc(NC(=O)NCC(=O)N2C(C(=O)OC(C)(C)C)CCC2c2ccccc2)c1. The minimum absolute atomic E-state index is 0.273. The molecule has 1 fully saturated rings. The Morgan fingerprint density at radius 3 is 2.44 bits per heavy atom. The first-order valence-corrected chi connectivity index (χ1v) is 11.5. The third kappa shape index (κ3) is 6.57. The van der Waals surface area contributed by atoms with Crippen molar-refractivity contribution in [3.8, 4) is 0 Å². The van der Waals surface area contributed by atoms with Crippen molar-refractivity contribution in [2.24, 2.45) is 0 Å². The van der Waals surface area contributed by atoms with E-state index in [4.69, 9.17) is 4.74 Å². The number of nitrogens with one attached hydrogen (secondary N) is 2. The zero-order valence-corrected chi connectivity index (χ0v) is 20.1. The van der Waals surface area contributed by atoms with E-state index in [1.807, 2.05) is 30.3 Å². The topological polar surface area (TPSA) is 108 Å². The number of rotatable bonds is 6. The third-order valence-corrected chi connectivity index (χ3v) is 5.56. The zero-order valence-electron chi connectivity index (χ0n) is 20.1. The molecule has 1 aliphatic heterocycles. The predicted octanol–water partition coefficient (Wildman–Crippen LogP) is 3.94. The minimum atomic E-state index is -0.718. The summed E-state index contributed by atoms with van der Waals surface area (Å²) in [5.41, 5.74) is 1.42. The van der Waals surface area contributed by atoms with E-state index in [2.05, 4.69) is 10.6 Å². The molecule has 1 aliphatic rings. The highest BCUT2D eigenvalue weighted by Gasteiger charge is 2.43. The molecular formula is C26H33N3O5. The number of esters is 1. The van der Waals surface area contributed by atoms with Crippen LogP contribution in [0.5, 0.6) is 0 Å². The van der Waals surface area contributed by atoms with Gasteiger partial charge in [-0.1, -0.05) is 42.5 Å². The highest BCUT2D eigenvalue weighted by molar-refractivity contribution is 5.93. The molecule has 34 heavy (non-hydrogen) atoms. The normalized spacial score (nSPS) is 18.8. The molecule has 8 heteroatoms. The number of hydrogen-bond donors (Lipinski definition) is 3. The predicted molar refractivity (Wildman–Crippen MR) is 129 cm³/mol. The van der Waals surface area contributed by atoms with Crippen LogP contribution in [0.25, 0.3) is 0 Å². The Bertz CT molecular complexity index is 1020. The van der Waals surface area contributed by atoms with Gasteiger partial charge in [0.15, 0.2) is 0 Å². The van der Waals surface area contributed by atoms with Gasteiger partial charge in [0.25, 0.3) is 0 Å². The van der Waals surface area contributed by atoms with E-state index < -0.39 is 29.7 Å². The van der Waals surface area contributed by atoms with Crippen LogP contribution in [0.4, 0.5) is 10.5 Å². The van der Waals surface area contributed by atoms with Gasteiger partial charge in [0.1, 0.15) is 11.6 Å². The number of likely N-dealkylation sites (tertiary alicyclic amines) is 1. The molecule has 3 rings (SSSR count). The molecule has 0 aromatic heterocycles. The lowest BCUT2D eigenvalue weighted by molar-refractivity contribution is -0.164. The second kappa shape index (κ2) is 10.7. The van der Waals surface area contributed by atoms with Crippen LogP contribution in [0.1, 0.15) is 63.8 Å². The van der Waals surface area contributed by atoms with Gasteiger partial charge in [0.2, 0.25) is 5.91 Å². The molecular weight excluding hydrogens is 434 g/mol. The first-order valence-electron chi connectivity index (χ1n) is 11.5. The van der Waals surface area contributed by atoms with E-state index in [1.165, 1.54) is 4.90 Å². The van der Waals surface area contributed by atoms with Crippen LogP contribution in [0, 0.1) is 0 Å². The number of nitrogens with zero attached hydrogens (tertiary/aromatic N) is 1. The van der Waals surface area contributed by atoms with Crippen molar-refractivity contribution in [3.05, 3.63) is 65.7 Å². The van der Waals surface area contributed by atoms with E-state index in [-0.39, 0.29) is 18.5 Å². The van der Waals surface area contributed by atoms with Crippen LogP contribution in [0.2, 0.25) is 0 Å². The number of aliphatic hydroxyl groups is 1. The highest BCUT2D eigenvalue weighted by Crippen LogP contribution is 2.37. The van der Waals surface area contributed by atoms with Gasteiger partial charge >= 0.3 is 12.0 Å². The van der Waals surface area contributed by atoms with Gasteiger partial charge in [-0.2, -0.15) is 0 Å². The lowest BCUT2D eigenvalue weighted by Gasteiger charge is -2.31. The van der Waals surface area contributed by atoms with Gasteiger partial charge in [0.05, 0.1) is 18.7 Å². The molecule has 0 aliphatic carbocycles. The number of hydrogen-bond acceptors (Lipinski definition) is 5. The van der Waals surface area contributed by atoms with Crippen LogP contribution in [-0.2, 0) is 14.3 Å². The molecule has 0 spiro atoms. The van der Waals surface area contributed by atoms with Crippen LogP contribution in [0.3, 0.4) is 0 Å². The number of carbonyl (C=O) groups is 3. The summed E-state index contributed by atoms with van der Waals surface area (Å²) in [5.74, 6) is -0.811. The monoisotopic (exact) mass is 467 g/mol. The maximum atomic E-state index is 13.3. The summed E-state index contributed by atoms with van der Waals surface area (Å²) >= 11 is 0. The second-order valence-electron chi connectivity index (χ2n) is 9.46. The summed E-state index contributed by atoms with van der Waals surface area (Å²) in [6.45, 7) is 6.74. The first-order chi connectivity index (χ1) is 16.0. The Kier molecular flexibility index (Phi) is 7.94. The van der Waals surface area contributed by atoms with Gasteiger partial charge in [-0.25, -0.2) is 9.59 Å². The number of benzene rings is 2. The fourth-order valence-electron chi connectivity index (χ4n) is 4.06. The molecule has 1 saturated heterocycles. The average Bonchev–Trinajstić information content (AvgIpc) is 3.23. The number of anilines is 1. The van der Waals surface area contributed by atoms with Crippen molar-refractivity contribution < 1.29 is 24.2 Å². The number of aliphatic hydroxyl groups excluding tert-OH is 1. The summed E-state index contributed by atoms with van der Waals surface area (Å²) in [4.78, 5) is 40.1. The van der Waals surface area contributed by atoms with Gasteiger partial charge in [-0.15, -0.1) is 0 Å². The van der Waals surface area contributed by atoms with Crippen molar-refractivity contribution in [2.45, 2.75) is 64.3 Å². The minimum Gasteiger partial charge on any atom is -0.458 e. The Morgan fingerprint density at radius 1 is 1.09 bits per heavy atom. The quantitative estimate of drug-likeness (QED) is 0.558. The Labute approximate surface area is 200 Å². The average molecular weight is 468 g/mol. The summed E-state index contributed by atoms with van der Waals surface area (Å²) in [6, 6.07) is 14.8. The Hall–Kier alpha value is -3.39. The first kappa shape index (κ1) is 25.2. The van der Waals surface area contributed by atoms with Crippen LogP contribution in [-0.4, -0.2) is 46.1 Å². The fraction of sp³-hybridized carbons (Fsp3) is 0.423. The lowest BCUT2D eigenvalue weighted by atomic mass is 10.0. The molecule has 3 amide bonds. The number of urea groups is 1. The van der Waals surface area contributed by atoms with E-state index >= 15 is 0 Å². The molecule has 3 atom stereocenters. The smallest absolute Gasteiger partial charge is 0.329 e. The fourth-order valence-corrected chi connectivity index (χ4v) is 4.06. The van der Waals surface area contributed by atoms with Crippen molar-refractivity contribution in [1.29, 1.82) is 0 Å². The largest absolute Gasteiger partial charge is 0.458 e. The second-order valence-corrected chi connectivity index (χ2v) is 9.46. The Balaban J connectivity index is 1.70. The van der Waals surface area contributed by atoms with Crippen LogP contribution < -0.4 is 10.6 Å². The molecule has 1 heterocycles. The standard InChI is InChI=1S/C26H33N3O5/c1-17(30)19-11-8-12-20(15-19)28-25(33)27-16-23(31)29-21(18-9-6-5-7-10-18)13-14-22(29)24(32)34-26(2,3)4/h5-12,15,17,21-22,30H,13-14,16H2,1-4H3,(H2,27,28,33). The van der Waals surface area contributed by atoms with Gasteiger partial charge in [0, 0.05) is 5.69 Å². The third-order valence-electron chi connectivity index (χ3n) is 5.56. The molecule has 2 aromatic carbocycles. The molecule has 182 valence electrons. The van der Waals surface area contributed by atoms with Gasteiger partial charge in [-0.3, -0.25) is 4.79 Å². The van der Waals surface area contributed by atoms with Crippen molar-refractivity contribution in [3.63, 3.8) is 0 Å². The van der Waals surface area contributed by atoms with E-state index in [9.17, 15) is 19.5 Å². The Morgan fingerprint density at radius 2 is 1.79 bits per heavy atom. The lowest BCUT2D eigenvalue weighted by Crippen LogP contribution is -2.48. The van der Waals surface area contributed by atoms with Crippen molar-refractivity contribution >= 4 is 23.6 Å². The highest BCUT2D eigenvalue weighted by atomic mass is 16.6. The van der Waals surface area contributed by atoms with Crippen molar-refractivity contribution in [1.82, 2.24) is 10.2 Å². The maximum absolute atomic E-state index is 13.3. The summed E-state index contributed by atoms with van der Waals surface area (Å²) in [7, 11) is 0. The number of ether oxygens (including phenoxy) is 1. The summed E-state index contributed by atoms with van der Waals surface area (Å²) in [5, 5.41) is 15.0. The molecule has 8 nitrogen and oxygen atoms in total. The van der Waals surface area contributed by atoms with Gasteiger partial charge in [-0.05, 0) is 63.8 Å². The molecule has 2 aromatic rings. The molecule has 3 unspecified atom stereocenters. The van der Waals surface area contributed by atoms with E-state index in [1.54, 1.807) is 52.0 Å². The van der Waals surface area contributed by atoms with Crippen LogP contribution >= 0.6 is 0 Å². The summed E-state index contributed by atoms with van der Waals surface area (Å²) < 4.78 is 5.57. The van der Waals surface area contributed by atoms with Gasteiger partial charge < -0.3 is 25.4 Å². The molecule has 0 radical (unpaired) electrons. The number of amides is 3. The maximum Gasteiger partial charge on any atom is 0.329 e. The van der Waals surface area contributed by atoms with E-state index in [0.29, 0.717) is 24.1 Å². The van der Waals surface area contributed by atoms with Crippen LogP contribution in [0.15, 0.2) is 54.6 Å². The zero-order chi connectivity index (χ0) is 24.9. The summed E-state index contributed by atoms with van der Waals surface area (Å²) in [6.07, 6.45) is 0.442. The molecule has 0 saturated carbocycles. The van der Waals surface area contributed by atoms with Crippen molar-refractivity contribution in [2.75, 3.05) is 11.9 Å². The molecule has 0 bridgehead atoms. The number of carbonyl (C=O) groups excluding carboxylic acids is 3.